The van der Waals surface area contributed by atoms with Crippen LogP contribution in [0.3, 0.4) is 0 Å². The molecule has 0 unspecified atom stereocenters. The first-order valence-corrected chi connectivity index (χ1v) is 10.9. The fraction of sp³-hybridized carbons (Fsp3) is 0.381. The zero-order valence-corrected chi connectivity index (χ0v) is 17.8. The van der Waals surface area contributed by atoms with Gasteiger partial charge < -0.3 is 5.32 Å². The Labute approximate surface area is 168 Å². The molecule has 1 N–H and O–H groups in total. The highest BCUT2D eigenvalue weighted by Gasteiger charge is 2.15. The first-order valence-electron chi connectivity index (χ1n) is 9.14. The second kappa shape index (κ2) is 8.85. The van der Waals surface area contributed by atoms with Crippen LogP contribution in [0, 0.1) is 20.8 Å². The number of hydrogen-bond acceptors (Lipinski definition) is 5. The number of carbonyl (C=O) groups is 1. The van der Waals surface area contributed by atoms with Gasteiger partial charge in [-0.05, 0) is 51.7 Å². The first kappa shape index (κ1) is 19.8. The van der Waals surface area contributed by atoms with Crippen LogP contribution in [0.2, 0.25) is 0 Å². The lowest BCUT2D eigenvalue weighted by Gasteiger charge is -2.14. The summed E-state index contributed by atoms with van der Waals surface area (Å²) in [6.45, 7) is 8.17. The Kier molecular flexibility index (Phi) is 6.50. The molecule has 0 saturated carbocycles. The Morgan fingerprint density at radius 2 is 1.93 bits per heavy atom. The highest BCUT2D eigenvalue weighted by atomic mass is 32.2. The number of amides is 1. The summed E-state index contributed by atoms with van der Waals surface area (Å²) in [5.41, 5.74) is 2.52. The van der Waals surface area contributed by atoms with E-state index in [-0.39, 0.29) is 11.9 Å². The lowest BCUT2D eigenvalue weighted by Crippen LogP contribution is -2.34. The van der Waals surface area contributed by atoms with Gasteiger partial charge in [0.1, 0.15) is 15.7 Å². The SMILES string of the molecule is Cc1nc(SCC(=O)N[C@H](C)CCc2ccccc2)c2c(C)c(C)sc2n1. The minimum Gasteiger partial charge on any atom is -0.353 e. The van der Waals surface area contributed by atoms with Crippen molar-refractivity contribution in [3.05, 3.63) is 52.2 Å². The lowest BCUT2D eigenvalue weighted by atomic mass is 10.1. The maximum Gasteiger partial charge on any atom is 0.230 e. The van der Waals surface area contributed by atoms with E-state index >= 15 is 0 Å². The molecule has 0 fully saturated rings. The predicted octanol–water partition coefficient (Wildman–Crippen LogP) is 4.85. The molecule has 0 aliphatic carbocycles. The first-order chi connectivity index (χ1) is 12.9. The Morgan fingerprint density at radius 1 is 1.19 bits per heavy atom. The zero-order valence-electron chi connectivity index (χ0n) is 16.2. The second-order valence-corrected chi connectivity index (χ2v) is 8.99. The molecule has 3 aromatic rings. The average molecular weight is 400 g/mol. The third-order valence-electron chi connectivity index (χ3n) is 4.56. The molecule has 1 aromatic carbocycles. The number of hydrogen-bond donors (Lipinski definition) is 1. The van der Waals surface area contributed by atoms with Crippen molar-refractivity contribution in [2.24, 2.45) is 0 Å². The van der Waals surface area contributed by atoms with E-state index in [1.54, 1.807) is 11.3 Å². The van der Waals surface area contributed by atoms with Crippen molar-refractivity contribution >= 4 is 39.2 Å². The fourth-order valence-electron chi connectivity index (χ4n) is 2.97. The Bertz CT molecular complexity index is 937. The fourth-order valence-corrected chi connectivity index (χ4v) is 5.05. The predicted molar refractivity (Wildman–Crippen MR) is 115 cm³/mol. The molecule has 3 rings (SSSR count). The number of nitrogens with zero attached hydrogens (tertiary/aromatic N) is 2. The Balaban J connectivity index is 1.57. The summed E-state index contributed by atoms with van der Waals surface area (Å²) in [7, 11) is 0. The third-order valence-corrected chi connectivity index (χ3v) is 6.64. The minimum absolute atomic E-state index is 0.0505. The molecule has 0 aliphatic rings. The molecule has 6 heteroatoms. The largest absolute Gasteiger partial charge is 0.353 e. The smallest absolute Gasteiger partial charge is 0.230 e. The number of thioether (sulfide) groups is 1. The number of fused-ring (bicyclic) bond motifs is 1. The minimum atomic E-state index is 0.0505. The van der Waals surface area contributed by atoms with Gasteiger partial charge in [-0.3, -0.25) is 4.79 Å². The van der Waals surface area contributed by atoms with Crippen LogP contribution in [0.15, 0.2) is 35.4 Å². The number of carbonyl (C=O) groups excluding carboxylic acids is 1. The van der Waals surface area contributed by atoms with Gasteiger partial charge in [-0.15, -0.1) is 11.3 Å². The van der Waals surface area contributed by atoms with Gasteiger partial charge in [0.05, 0.1) is 5.75 Å². The summed E-state index contributed by atoms with van der Waals surface area (Å²) in [4.78, 5) is 23.8. The van der Waals surface area contributed by atoms with Gasteiger partial charge in [-0.1, -0.05) is 42.1 Å². The van der Waals surface area contributed by atoms with Crippen molar-refractivity contribution < 1.29 is 4.79 Å². The van der Waals surface area contributed by atoms with E-state index in [4.69, 9.17) is 0 Å². The molecule has 2 aromatic heterocycles. The maximum atomic E-state index is 12.4. The summed E-state index contributed by atoms with van der Waals surface area (Å²) >= 11 is 3.19. The molecular formula is C21H25N3OS2. The van der Waals surface area contributed by atoms with Crippen molar-refractivity contribution in [3.63, 3.8) is 0 Å². The van der Waals surface area contributed by atoms with Crippen LogP contribution in [0.5, 0.6) is 0 Å². The normalized spacial score (nSPS) is 12.3. The van der Waals surface area contributed by atoms with Gasteiger partial charge in [0, 0.05) is 16.3 Å². The molecule has 27 heavy (non-hydrogen) atoms. The van der Waals surface area contributed by atoms with Gasteiger partial charge in [0.2, 0.25) is 5.91 Å². The maximum absolute atomic E-state index is 12.4. The van der Waals surface area contributed by atoms with Gasteiger partial charge in [-0.25, -0.2) is 9.97 Å². The van der Waals surface area contributed by atoms with Crippen molar-refractivity contribution in [1.82, 2.24) is 15.3 Å². The number of aromatic nitrogens is 2. The van der Waals surface area contributed by atoms with Gasteiger partial charge in [0.25, 0.3) is 0 Å². The zero-order chi connectivity index (χ0) is 19.4. The van der Waals surface area contributed by atoms with Crippen molar-refractivity contribution in [2.75, 3.05) is 5.75 Å². The number of rotatable bonds is 7. The van der Waals surface area contributed by atoms with E-state index in [9.17, 15) is 4.79 Å². The van der Waals surface area contributed by atoms with Crippen LogP contribution in [0.1, 0.15) is 35.2 Å². The van der Waals surface area contributed by atoms with Crippen LogP contribution in [0.25, 0.3) is 10.2 Å². The van der Waals surface area contributed by atoms with Crippen molar-refractivity contribution in [1.29, 1.82) is 0 Å². The number of benzene rings is 1. The standard InChI is InChI=1S/C21H25N3OS2/c1-13(10-11-17-8-6-5-7-9-17)22-18(25)12-26-20-19-14(2)15(3)27-21(19)24-16(4)23-20/h5-9,13H,10-12H2,1-4H3,(H,22,25)/t13-/m1/s1. The highest BCUT2D eigenvalue weighted by molar-refractivity contribution is 8.00. The molecule has 0 saturated heterocycles. The molecule has 0 spiro atoms. The van der Waals surface area contributed by atoms with Crippen LogP contribution in [-0.2, 0) is 11.2 Å². The molecule has 142 valence electrons. The van der Waals surface area contributed by atoms with Gasteiger partial charge >= 0.3 is 0 Å². The Hall–Kier alpha value is -1.92. The topological polar surface area (TPSA) is 54.9 Å². The number of thiophene rings is 1. The quantitative estimate of drug-likeness (QED) is 0.456. The summed E-state index contributed by atoms with van der Waals surface area (Å²) < 4.78 is 0. The highest BCUT2D eigenvalue weighted by Crippen LogP contribution is 2.34. The summed E-state index contributed by atoms with van der Waals surface area (Å²) in [5.74, 6) is 1.17. The summed E-state index contributed by atoms with van der Waals surface area (Å²) in [5, 5.41) is 5.11. The molecule has 2 heterocycles. The molecule has 1 atom stereocenters. The van der Waals surface area contributed by atoms with Crippen LogP contribution in [-0.4, -0.2) is 27.7 Å². The number of aryl methyl sites for hydroxylation is 4. The molecule has 0 bridgehead atoms. The average Bonchev–Trinajstić information content (AvgIpc) is 2.92. The molecular weight excluding hydrogens is 374 g/mol. The van der Waals surface area contributed by atoms with Crippen molar-refractivity contribution in [2.45, 2.75) is 51.6 Å². The van der Waals surface area contributed by atoms with E-state index in [2.05, 4.69) is 48.2 Å². The van der Waals surface area contributed by atoms with E-state index in [1.807, 2.05) is 25.1 Å². The van der Waals surface area contributed by atoms with E-state index < -0.39 is 0 Å². The number of nitrogens with one attached hydrogen (secondary N) is 1. The summed E-state index contributed by atoms with van der Waals surface area (Å²) in [6, 6.07) is 10.5. The van der Waals surface area contributed by atoms with Crippen molar-refractivity contribution in [3.8, 4) is 0 Å². The van der Waals surface area contributed by atoms with Crippen LogP contribution >= 0.6 is 23.1 Å². The second-order valence-electron chi connectivity index (χ2n) is 6.82. The third kappa shape index (κ3) is 5.08. The van der Waals surface area contributed by atoms with E-state index in [0.29, 0.717) is 5.75 Å². The molecule has 0 radical (unpaired) electrons. The molecule has 0 aliphatic heterocycles. The van der Waals surface area contributed by atoms with Crippen LogP contribution in [0.4, 0.5) is 0 Å². The lowest BCUT2D eigenvalue weighted by molar-refractivity contribution is -0.119. The Morgan fingerprint density at radius 3 is 2.67 bits per heavy atom. The molecule has 4 nitrogen and oxygen atoms in total. The monoisotopic (exact) mass is 399 g/mol. The van der Waals surface area contributed by atoms with Crippen LogP contribution < -0.4 is 5.32 Å². The van der Waals surface area contributed by atoms with E-state index in [1.165, 1.54) is 27.8 Å². The molecule has 1 amide bonds. The van der Waals surface area contributed by atoms with E-state index in [0.717, 1.165) is 33.9 Å². The summed E-state index contributed by atoms with van der Waals surface area (Å²) in [6.07, 6.45) is 1.90. The van der Waals surface area contributed by atoms with Gasteiger partial charge in [-0.2, -0.15) is 0 Å². The van der Waals surface area contributed by atoms with Gasteiger partial charge in [0.15, 0.2) is 0 Å².